The molecule has 0 fully saturated rings. The molecule has 92 valence electrons. The number of para-hydroxylation sites is 1. The monoisotopic (exact) mass is 246 g/mol. The summed E-state index contributed by atoms with van der Waals surface area (Å²) in [4.78, 5) is 10.8. The SMILES string of the molecule is COC(=O)/C=C/c1ccccc1OC(F)(F)F. The Morgan fingerprint density at radius 2 is 1.94 bits per heavy atom. The summed E-state index contributed by atoms with van der Waals surface area (Å²) in [6.07, 6.45) is -2.57. The molecular formula is C11H9F3O3. The molecule has 0 radical (unpaired) electrons. The first-order chi connectivity index (χ1) is 7.92. The minimum atomic E-state index is -4.77. The lowest BCUT2D eigenvalue weighted by Crippen LogP contribution is -2.17. The summed E-state index contributed by atoms with van der Waals surface area (Å²) in [7, 11) is 1.17. The van der Waals surface area contributed by atoms with Crippen LogP contribution in [0.25, 0.3) is 6.08 Å². The lowest BCUT2D eigenvalue weighted by atomic mass is 10.2. The van der Waals surface area contributed by atoms with Crippen molar-refractivity contribution in [3.63, 3.8) is 0 Å². The number of hydrogen-bond acceptors (Lipinski definition) is 3. The van der Waals surface area contributed by atoms with Gasteiger partial charge in [-0.25, -0.2) is 4.79 Å². The second-order valence-corrected chi connectivity index (χ2v) is 2.94. The van der Waals surface area contributed by atoms with Crippen LogP contribution >= 0.6 is 0 Å². The minimum absolute atomic E-state index is 0.134. The maximum atomic E-state index is 12.0. The molecule has 0 N–H and O–H groups in total. The topological polar surface area (TPSA) is 35.5 Å². The first kappa shape index (κ1) is 13.1. The van der Waals surface area contributed by atoms with Gasteiger partial charge in [-0.05, 0) is 12.1 Å². The average Bonchev–Trinajstić information content (AvgIpc) is 2.25. The van der Waals surface area contributed by atoms with Gasteiger partial charge in [0, 0.05) is 11.6 Å². The molecule has 3 nitrogen and oxygen atoms in total. The summed E-state index contributed by atoms with van der Waals surface area (Å²) in [5.74, 6) is -1.04. The highest BCUT2D eigenvalue weighted by Gasteiger charge is 2.31. The van der Waals surface area contributed by atoms with Gasteiger partial charge in [0.25, 0.3) is 0 Å². The van der Waals surface area contributed by atoms with E-state index in [0.29, 0.717) is 0 Å². The van der Waals surface area contributed by atoms with E-state index in [2.05, 4.69) is 9.47 Å². The predicted molar refractivity (Wildman–Crippen MR) is 54.2 cm³/mol. The molecule has 0 unspecified atom stereocenters. The van der Waals surface area contributed by atoms with Crippen LogP contribution in [-0.4, -0.2) is 19.4 Å². The molecule has 0 heterocycles. The number of methoxy groups -OCH3 is 1. The predicted octanol–water partition coefficient (Wildman–Crippen LogP) is 2.77. The van der Waals surface area contributed by atoms with Crippen LogP contribution in [0.15, 0.2) is 30.3 Å². The van der Waals surface area contributed by atoms with Crippen LogP contribution in [0.3, 0.4) is 0 Å². The van der Waals surface area contributed by atoms with E-state index in [0.717, 1.165) is 12.1 Å². The van der Waals surface area contributed by atoms with Crippen molar-refractivity contribution in [1.82, 2.24) is 0 Å². The number of rotatable bonds is 3. The Hall–Kier alpha value is -1.98. The third-order valence-corrected chi connectivity index (χ3v) is 1.74. The van der Waals surface area contributed by atoms with E-state index in [-0.39, 0.29) is 11.3 Å². The molecule has 1 rings (SSSR count). The van der Waals surface area contributed by atoms with Crippen molar-refractivity contribution in [2.24, 2.45) is 0 Å². The highest BCUT2D eigenvalue weighted by Crippen LogP contribution is 2.26. The van der Waals surface area contributed by atoms with Crippen LogP contribution in [0.4, 0.5) is 13.2 Å². The van der Waals surface area contributed by atoms with E-state index in [1.807, 2.05) is 0 Å². The summed E-state index contributed by atoms with van der Waals surface area (Å²) in [6.45, 7) is 0. The van der Waals surface area contributed by atoms with Gasteiger partial charge in [-0.15, -0.1) is 13.2 Å². The van der Waals surface area contributed by atoms with Gasteiger partial charge in [-0.1, -0.05) is 18.2 Å². The molecule has 1 aromatic rings. The number of halogens is 3. The number of alkyl halides is 3. The number of benzene rings is 1. The fourth-order valence-corrected chi connectivity index (χ4v) is 1.06. The first-order valence-corrected chi connectivity index (χ1v) is 4.53. The van der Waals surface area contributed by atoms with Crippen molar-refractivity contribution < 1.29 is 27.4 Å². The molecule has 6 heteroatoms. The van der Waals surface area contributed by atoms with Gasteiger partial charge in [0.1, 0.15) is 5.75 Å². The van der Waals surface area contributed by atoms with Crippen molar-refractivity contribution in [2.45, 2.75) is 6.36 Å². The zero-order chi connectivity index (χ0) is 12.9. The van der Waals surface area contributed by atoms with Crippen molar-refractivity contribution in [3.8, 4) is 5.75 Å². The van der Waals surface area contributed by atoms with Crippen LogP contribution < -0.4 is 4.74 Å². The molecule has 0 aliphatic rings. The fourth-order valence-electron chi connectivity index (χ4n) is 1.06. The molecule has 0 atom stereocenters. The van der Waals surface area contributed by atoms with Gasteiger partial charge in [-0.2, -0.15) is 0 Å². The molecular weight excluding hydrogens is 237 g/mol. The third-order valence-electron chi connectivity index (χ3n) is 1.74. The van der Waals surface area contributed by atoms with Crippen LogP contribution in [0.1, 0.15) is 5.56 Å². The number of ether oxygens (including phenoxy) is 2. The van der Waals surface area contributed by atoms with Crippen molar-refractivity contribution in [1.29, 1.82) is 0 Å². The molecule has 0 amide bonds. The maximum absolute atomic E-state index is 12.0. The molecule has 0 aliphatic heterocycles. The standard InChI is InChI=1S/C11H9F3O3/c1-16-10(15)7-6-8-4-2-3-5-9(8)17-11(12,13)14/h2-7H,1H3/b7-6+. The second-order valence-electron chi connectivity index (χ2n) is 2.94. The van der Waals surface area contributed by atoms with E-state index in [1.165, 1.54) is 31.4 Å². The van der Waals surface area contributed by atoms with Gasteiger partial charge >= 0.3 is 12.3 Å². The number of esters is 1. The Labute approximate surface area is 95.5 Å². The zero-order valence-corrected chi connectivity index (χ0v) is 8.82. The Kier molecular flexibility index (Phi) is 4.14. The molecule has 0 bridgehead atoms. The molecule has 0 saturated carbocycles. The van der Waals surface area contributed by atoms with Crippen LogP contribution in [-0.2, 0) is 9.53 Å². The van der Waals surface area contributed by atoms with Gasteiger partial charge in [-0.3, -0.25) is 0 Å². The van der Waals surface area contributed by atoms with Crippen LogP contribution in [0.2, 0.25) is 0 Å². The smallest absolute Gasteiger partial charge is 0.466 e. The first-order valence-electron chi connectivity index (χ1n) is 4.53. The summed E-state index contributed by atoms with van der Waals surface area (Å²) in [6, 6.07) is 5.47. The highest BCUT2D eigenvalue weighted by atomic mass is 19.4. The molecule has 0 saturated heterocycles. The second kappa shape index (κ2) is 5.38. The van der Waals surface area contributed by atoms with Crippen molar-refractivity contribution >= 4 is 12.0 Å². The van der Waals surface area contributed by atoms with E-state index in [4.69, 9.17) is 0 Å². The summed E-state index contributed by atoms with van der Waals surface area (Å²) >= 11 is 0. The Morgan fingerprint density at radius 3 is 2.53 bits per heavy atom. The van der Waals surface area contributed by atoms with Gasteiger partial charge in [0.15, 0.2) is 0 Å². The van der Waals surface area contributed by atoms with E-state index in [1.54, 1.807) is 0 Å². The quantitative estimate of drug-likeness (QED) is 0.607. The molecule has 0 spiro atoms. The molecule has 0 aliphatic carbocycles. The minimum Gasteiger partial charge on any atom is -0.466 e. The van der Waals surface area contributed by atoms with Crippen LogP contribution in [0.5, 0.6) is 5.75 Å². The van der Waals surface area contributed by atoms with Crippen LogP contribution in [0, 0.1) is 0 Å². The molecule has 0 aromatic heterocycles. The fraction of sp³-hybridized carbons (Fsp3) is 0.182. The van der Waals surface area contributed by atoms with E-state index < -0.39 is 12.3 Å². The van der Waals surface area contributed by atoms with E-state index in [9.17, 15) is 18.0 Å². The summed E-state index contributed by atoms with van der Waals surface area (Å²) in [5, 5.41) is 0. The lowest BCUT2D eigenvalue weighted by molar-refractivity contribution is -0.274. The average molecular weight is 246 g/mol. The molecule has 17 heavy (non-hydrogen) atoms. The van der Waals surface area contributed by atoms with Crippen molar-refractivity contribution in [2.75, 3.05) is 7.11 Å². The van der Waals surface area contributed by atoms with Crippen molar-refractivity contribution in [3.05, 3.63) is 35.9 Å². The van der Waals surface area contributed by atoms with E-state index >= 15 is 0 Å². The third kappa shape index (κ3) is 4.58. The Morgan fingerprint density at radius 1 is 1.29 bits per heavy atom. The maximum Gasteiger partial charge on any atom is 0.573 e. The number of hydrogen-bond donors (Lipinski definition) is 0. The summed E-state index contributed by atoms with van der Waals surface area (Å²) in [5.41, 5.74) is 0.134. The Bertz CT molecular complexity index is 424. The van der Waals surface area contributed by atoms with Gasteiger partial charge in [0.2, 0.25) is 0 Å². The summed E-state index contributed by atoms with van der Waals surface area (Å²) < 4.78 is 44.3. The normalized spacial score (nSPS) is 11.5. The lowest BCUT2D eigenvalue weighted by Gasteiger charge is -2.10. The zero-order valence-electron chi connectivity index (χ0n) is 8.82. The highest BCUT2D eigenvalue weighted by molar-refractivity contribution is 5.87. The Balaban J connectivity index is 2.92. The van der Waals surface area contributed by atoms with Gasteiger partial charge < -0.3 is 9.47 Å². The number of carbonyl (C=O) groups is 1. The van der Waals surface area contributed by atoms with Gasteiger partial charge in [0.05, 0.1) is 7.11 Å². The molecule has 1 aromatic carbocycles. The largest absolute Gasteiger partial charge is 0.573 e. The number of carbonyl (C=O) groups excluding carboxylic acids is 1.